The molecule has 0 aliphatic rings. The number of nitrogens with two attached hydrogens (primary N) is 1. The highest BCUT2D eigenvalue weighted by molar-refractivity contribution is 5.77. The Labute approximate surface area is 225 Å². The predicted molar refractivity (Wildman–Crippen MR) is 141 cm³/mol. The molecule has 10 nitrogen and oxygen atoms in total. The van der Waals surface area contributed by atoms with E-state index in [1.54, 1.807) is 13.0 Å². The summed E-state index contributed by atoms with van der Waals surface area (Å²) in [5.41, 5.74) is 6.39. The summed E-state index contributed by atoms with van der Waals surface area (Å²) in [5.74, 6) is -1.27. The van der Waals surface area contributed by atoms with Crippen molar-refractivity contribution in [3.05, 3.63) is 23.8 Å². The Morgan fingerprint density at radius 2 is 1.39 bits per heavy atom. The lowest BCUT2D eigenvalue weighted by Crippen LogP contribution is -2.36. The Morgan fingerprint density at radius 3 is 1.92 bits per heavy atom. The molecule has 0 radical (unpaired) electrons. The van der Waals surface area contributed by atoms with Crippen molar-refractivity contribution < 1.29 is 42.9 Å². The fourth-order valence-electron chi connectivity index (χ4n) is 2.99. The number of rotatable bonds is 13. The van der Waals surface area contributed by atoms with Crippen molar-refractivity contribution in [1.82, 2.24) is 0 Å². The van der Waals surface area contributed by atoms with Gasteiger partial charge in [-0.2, -0.15) is 0 Å². The molecule has 1 rings (SSSR count). The number of hydrogen-bond acceptors (Lipinski definition) is 10. The van der Waals surface area contributed by atoms with Gasteiger partial charge in [0.05, 0.1) is 6.61 Å². The van der Waals surface area contributed by atoms with Crippen LogP contribution >= 0.6 is 0 Å². The molecule has 0 aliphatic carbocycles. The van der Waals surface area contributed by atoms with E-state index >= 15 is 0 Å². The van der Waals surface area contributed by atoms with Gasteiger partial charge in [-0.15, -0.1) is 0 Å². The van der Waals surface area contributed by atoms with Gasteiger partial charge in [0.1, 0.15) is 18.8 Å². The largest absolute Gasteiger partial charge is 0.508 e. The quantitative estimate of drug-likeness (QED) is 0.280. The molecule has 1 aromatic carbocycles. The Hall–Kier alpha value is -3.14. The van der Waals surface area contributed by atoms with Gasteiger partial charge in [0.2, 0.25) is 0 Å². The van der Waals surface area contributed by atoms with E-state index in [9.17, 15) is 19.2 Å². The zero-order chi connectivity index (χ0) is 29.0. The standard InChI is InChI=1S/C28H43NO9/c1-17(2)11-24(30)37-22-10-9-20(14-23(22)38-25(31)12-18(3)4)13-21(29)26(32)34-15-19(5)36-27(33)35-16-28(6,7)8/h9-10,14,17-19,21H,11-13,15-16,29H2,1-8H3/t19-,21-/m0/s1. The zero-order valence-electron chi connectivity index (χ0n) is 23.8. The van der Waals surface area contributed by atoms with Crippen molar-refractivity contribution >= 4 is 24.1 Å². The van der Waals surface area contributed by atoms with Gasteiger partial charge in [-0.1, -0.05) is 54.5 Å². The first-order valence-corrected chi connectivity index (χ1v) is 12.9. The predicted octanol–water partition coefficient (Wildman–Crippen LogP) is 4.59. The molecular formula is C28H43NO9. The van der Waals surface area contributed by atoms with E-state index in [2.05, 4.69) is 0 Å². The second kappa shape index (κ2) is 15.3. The van der Waals surface area contributed by atoms with Crippen LogP contribution in [0.2, 0.25) is 0 Å². The molecule has 0 fully saturated rings. The van der Waals surface area contributed by atoms with Crippen LogP contribution in [0, 0.1) is 17.3 Å². The normalized spacial score (nSPS) is 13.0. The first kappa shape index (κ1) is 32.9. The third kappa shape index (κ3) is 14.0. The monoisotopic (exact) mass is 537 g/mol. The minimum atomic E-state index is -1.04. The molecule has 0 heterocycles. The van der Waals surface area contributed by atoms with E-state index in [1.807, 2.05) is 48.5 Å². The number of carbonyl (C=O) groups excluding carboxylic acids is 4. The molecule has 38 heavy (non-hydrogen) atoms. The Kier molecular flexibility index (Phi) is 13.3. The van der Waals surface area contributed by atoms with Gasteiger partial charge in [-0.3, -0.25) is 14.4 Å². The van der Waals surface area contributed by atoms with Crippen LogP contribution in [-0.2, 0) is 35.0 Å². The summed E-state index contributed by atoms with van der Waals surface area (Å²) in [7, 11) is 0. The Balaban J connectivity index is 2.79. The average molecular weight is 538 g/mol. The van der Waals surface area contributed by atoms with E-state index in [0.717, 1.165) is 0 Å². The summed E-state index contributed by atoms with van der Waals surface area (Å²) in [6.07, 6.45) is -1.13. The molecule has 0 unspecified atom stereocenters. The maximum atomic E-state index is 12.4. The van der Waals surface area contributed by atoms with Gasteiger partial charge in [-0.25, -0.2) is 4.79 Å². The van der Waals surface area contributed by atoms with Crippen LogP contribution in [0.5, 0.6) is 11.5 Å². The molecule has 2 N–H and O–H groups in total. The fraction of sp³-hybridized carbons (Fsp3) is 0.643. The van der Waals surface area contributed by atoms with E-state index in [-0.39, 0.29) is 61.2 Å². The second-order valence-corrected chi connectivity index (χ2v) is 11.4. The molecular weight excluding hydrogens is 494 g/mol. The van der Waals surface area contributed by atoms with Crippen LogP contribution in [0.1, 0.15) is 73.8 Å². The molecule has 0 aliphatic heterocycles. The van der Waals surface area contributed by atoms with Crippen molar-refractivity contribution in [2.45, 2.75) is 86.8 Å². The smallest absolute Gasteiger partial charge is 0.461 e. The summed E-state index contributed by atoms with van der Waals surface area (Å²) < 4.78 is 26.2. The molecule has 1 aromatic rings. The fourth-order valence-corrected chi connectivity index (χ4v) is 2.99. The lowest BCUT2D eigenvalue weighted by atomic mass is 9.99. The van der Waals surface area contributed by atoms with E-state index in [1.165, 1.54) is 12.1 Å². The maximum Gasteiger partial charge on any atom is 0.508 e. The van der Waals surface area contributed by atoms with Crippen LogP contribution in [0.25, 0.3) is 0 Å². The molecule has 0 saturated carbocycles. The molecule has 10 heteroatoms. The molecule has 214 valence electrons. The van der Waals surface area contributed by atoms with Crippen molar-refractivity contribution in [1.29, 1.82) is 0 Å². The topological polar surface area (TPSA) is 140 Å². The number of benzene rings is 1. The van der Waals surface area contributed by atoms with Crippen molar-refractivity contribution in [3.8, 4) is 11.5 Å². The number of ether oxygens (including phenoxy) is 5. The third-order valence-electron chi connectivity index (χ3n) is 4.74. The summed E-state index contributed by atoms with van der Waals surface area (Å²) in [5, 5.41) is 0. The SMILES string of the molecule is CC(C)CC(=O)Oc1ccc(C[C@H](N)C(=O)OC[C@H](C)OC(=O)OCC(C)(C)C)cc1OC(=O)CC(C)C. The Morgan fingerprint density at radius 1 is 0.842 bits per heavy atom. The molecule has 0 aromatic heterocycles. The van der Waals surface area contributed by atoms with Gasteiger partial charge in [0, 0.05) is 12.8 Å². The highest BCUT2D eigenvalue weighted by atomic mass is 16.7. The maximum absolute atomic E-state index is 12.4. The minimum absolute atomic E-state index is 0.0661. The van der Waals surface area contributed by atoms with Crippen molar-refractivity contribution in [2.75, 3.05) is 13.2 Å². The summed E-state index contributed by atoms with van der Waals surface area (Å²) in [6, 6.07) is 3.61. The van der Waals surface area contributed by atoms with E-state index in [4.69, 9.17) is 29.4 Å². The molecule has 0 amide bonds. The molecule has 2 atom stereocenters. The lowest BCUT2D eigenvalue weighted by molar-refractivity contribution is -0.148. The number of esters is 3. The van der Waals surface area contributed by atoms with Gasteiger partial charge in [-0.05, 0) is 48.3 Å². The molecule has 0 saturated heterocycles. The summed E-state index contributed by atoms with van der Waals surface area (Å²) >= 11 is 0. The second-order valence-electron chi connectivity index (χ2n) is 11.4. The first-order chi connectivity index (χ1) is 17.6. The van der Waals surface area contributed by atoms with Crippen LogP contribution in [0.15, 0.2) is 18.2 Å². The molecule has 0 spiro atoms. The Bertz CT molecular complexity index is 950. The van der Waals surface area contributed by atoms with E-state index in [0.29, 0.717) is 5.56 Å². The lowest BCUT2D eigenvalue weighted by Gasteiger charge is -2.19. The van der Waals surface area contributed by atoms with Gasteiger partial charge >= 0.3 is 24.1 Å². The highest BCUT2D eigenvalue weighted by Gasteiger charge is 2.22. The van der Waals surface area contributed by atoms with Gasteiger partial charge < -0.3 is 29.4 Å². The third-order valence-corrected chi connectivity index (χ3v) is 4.74. The van der Waals surface area contributed by atoms with Crippen LogP contribution in [0.4, 0.5) is 4.79 Å². The molecule has 0 bridgehead atoms. The minimum Gasteiger partial charge on any atom is -0.461 e. The van der Waals surface area contributed by atoms with Gasteiger partial charge in [0.25, 0.3) is 0 Å². The van der Waals surface area contributed by atoms with Crippen LogP contribution in [0.3, 0.4) is 0 Å². The van der Waals surface area contributed by atoms with Crippen LogP contribution < -0.4 is 15.2 Å². The number of hydrogen-bond donors (Lipinski definition) is 1. The van der Waals surface area contributed by atoms with E-state index < -0.39 is 36.2 Å². The van der Waals surface area contributed by atoms with Crippen molar-refractivity contribution in [2.24, 2.45) is 23.0 Å². The summed E-state index contributed by atoms with van der Waals surface area (Å²) in [6.45, 7) is 14.8. The van der Waals surface area contributed by atoms with Crippen LogP contribution in [-0.4, -0.2) is 49.4 Å². The summed E-state index contributed by atoms with van der Waals surface area (Å²) in [4.78, 5) is 48.6. The first-order valence-electron chi connectivity index (χ1n) is 12.9. The highest BCUT2D eigenvalue weighted by Crippen LogP contribution is 2.30. The van der Waals surface area contributed by atoms with Crippen molar-refractivity contribution in [3.63, 3.8) is 0 Å². The number of carbonyl (C=O) groups is 4. The van der Waals surface area contributed by atoms with Gasteiger partial charge in [0.15, 0.2) is 11.5 Å². The average Bonchev–Trinajstić information content (AvgIpc) is 2.76. The zero-order valence-corrected chi connectivity index (χ0v) is 23.8.